The van der Waals surface area contributed by atoms with Crippen LogP contribution in [0.25, 0.3) is 0 Å². The van der Waals surface area contributed by atoms with Crippen molar-refractivity contribution >= 4 is 12.4 Å². The number of primary amides is 1. The number of rotatable bonds is 8. The molecule has 4 N–H and O–H groups in total. The van der Waals surface area contributed by atoms with Crippen molar-refractivity contribution in [2.75, 3.05) is 33.2 Å². The monoisotopic (exact) mass is 202 g/mol. The second-order valence-electron chi connectivity index (χ2n) is 2.89. The average Bonchev–Trinajstić information content (AvgIpc) is 2.16. The molecule has 0 saturated heterocycles. The highest BCUT2D eigenvalue weighted by molar-refractivity contribution is 5.71. The van der Waals surface area contributed by atoms with Crippen LogP contribution in [0.4, 0.5) is 4.79 Å². The van der Waals surface area contributed by atoms with E-state index in [9.17, 15) is 9.59 Å². The largest absolute Gasteiger partial charge is 0.352 e. The molecule has 0 aliphatic carbocycles. The van der Waals surface area contributed by atoms with Crippen LogP contribution in [-0.4, -0.2) is 50.6 Å². The molecule has 0 atom stereocenters. The highest BCUT2D eigenvalue weighted by Gasteiger charge is 2.00. The number of amides is 3. The van der Waals surface area contributed by atoms with E-state index in [1.807, 2.05) is 7.05 Å². The van der Waals surface area contributed by atoms with Crippen molar-refractivity contribution in [3.05, 3.63) is 0 Å². The van der Waals surface area contributed by atoms with Gasteiger partial charge in [0, 0.05) is 26.2 Å². The van der Waals surface area contributed by atoms with Gasteiger partial charge in [0.25, 0.3) is 0 Å². The van der Waals surface area contributed by atoms with E-state index < -0.39 is 6.03 Å². The molecule has 0 aromatic heterocycles. The van der Waals surface area contributed by atoms with Crippen LogP contribution >= 0.6 is 0 Å². The highest BCUT2D eigenvalue weighted by Crippen LogP contribution is 1.85. The molecule has 0 aromatic carbocycles. The van der Waals surface area contributed by atoms with E-state index >= 15 is 0 Å². The number of nitrogens with one attached hydrogen (secondary N) is 2. The third kappa shape index (κ3) is 7.35. The van der Waals surface area contributed by atoms with E-state index in [0.717, 1.165) is 13.0 Å². The highest BCUT2D eigenvalue weighted by atomic mass is 16.2. The molecule has 0 unspecified atom stereocenters. The summed E-state index contributed by atoms with van der Waals surface area (Å²) < 4.78 is 0. The van der Waals surface area contributed by atoms with Crippen LogP contribution in [0.2, 0.25) is 0 Å². The molecule has 82 valence electrons. The number of hydrogen-bond donors (Lipinski definition) is 3. The lowest BCUT2D eigenvalue weighted by molar-refractivity contribution is -0.118. The summed E-state index contributed by atoms with van der Waals surface area (Å²) in [5.41, 5.74) is 4.88. The molecule has 0 aliphatic heterocycles. The van der Waals surface area contributed by atoms with Gasteiger partial charge >= 0.3 is 6.03 Å². The van der Waals surface area contributed by atoms with Gasteiger partial charge in [-0.3, -0.25) is 4.79 Å². The molecule has 6 heteroatoms. The maximum absolute atomic E-state index is 10.5. The molecule has 0 heterocycles. The van der Waals surface area contributed by atoms with Gasteiger partial charge in [-0.25, -0.2) is 4.79 Å². The minimum absolute atomic E-state index is 0.499. The summed E-state index contributed by atoms with van der Waals surface area (Å²) in [5.74, 6) is 0. The molecule has 0 fully saturated rings. The molecular weight excluding hydrogens is 184 g/mol. The number of hydrogen-bond acceptors (Lipinski definition) is 3. The van der Waals surface area contributed by atoms with Gasteiger partial charge in [0.15, 0.2) is 0 Å². The van der Waals surface area contributed by atoms with Crippen LogP contribution in [0, 0.1) is 0 Å². The van der Waals surface area contributed by atoms with Gasteiger partial charge in [0.05, 0.1) is 0 Å². The van der Waals surface area contributed by atoms with Crippen molar-refractivity contribution in [3.8, 4) is 0 Å². The molecule has 0 bridgehead atoms. The Labute approximate surface area is 83.8 Å². The van der Waals surface area contributed by atoms with Crippen LogP contribution < -0.4 is 16.4 Å². The summed E-state index contributed by atoms with van der Waals surface area (Å²) in [7, 11) is 1.83. The Balaban J connectivity index is 3.42. The van der Waals surface area contributed by atoms with Crippen LogP contribution in [0.5, 0.6) is 0 Å². The predicted octanol–water partition coefficient (Wildman–Crippen LogP) is -1.28. The molecule has 3 amide bonds. The topological polar surface area (TPSA) is 87.5 Å². The first-order chi connectivity index (χ1) is 6.70. The molecule has 0 rings (SSSR count). The van der Waals surface area contributed by atoms with Gasteiger partial charge in [-0.2, -0.15) is 0 Å². The van der Waals surface area contributed by atoms with Crippen molar-refractivity contribution in [1.82, 2.24) is 15.5 Å². The predicted molar refractivity (Wildman–Crippen MR) is 53.8 cm³/mol. The van der Waals surface area contributed by atoms with Gasteiger partial charge in [-0.05, 0) is 13.5 Å². The van der Waals surface area contributed by atoms with Crippen LogP contribution in [-0.2, 0) is 4.79 Å². The summed E-state index contributed by atoms with van der Waals surface area (Å²) >= 11 is 0. The summed E-state index contributed by atoms with van der Waals surface area (Å²) in [6, 6.07) is -0.530. The van der Waals surface area contributed by atoms with E-state index in [1.165, 1.54) is 0 Å². The molecule has 0 aliphatic rings. The first kappa shape index (κ1) is 12.7. The molecular formula is C8H18N4O2. The van der Waals surface area contributed by atoms with E-state index in [0.29, 0.717) is 26.1 Å². The normalized spacial score (nSPS) is 9.50. The fraction of sp³-hybridized carbons (Fsp3) is 0.750. The van der Waals surface area contributed by atoms with Gasteiger partial charge in [-0.1, -0.05) is 0 Å². The van der Waals surface area contributed by atoms with E-state index in [-0.39, 0.29) is 0 Å². The van der Waals surface area contributed by atoms with E-state index in [4.69, 9.17) is 5.73 Å². The van der Waals surface area contributed by atoms with Crippen LogP contribution in [0.15, 0.2) is 0 Å². The van der Waals surface area contributed by atoms with E-state index in [1.54, 1.807) is 4.90 Å². The van der Waals surface area contributed by atoms with Crippen LogP contribution in [0.1, 0.15) is 6.42 Å². The fourth-order valence-corrected chi connectivity index (χ4v) is 0.966. The summed E-state index contributed by atoms with van der Waals surface area (Å²) in [6.07, 6.45) is 1.52. The zero-order valence-electron chi connectivity index (χ0n) is 8.45. The Kier molecular flexibility index (Phi) is 7.53. The Hall–Kier alpha value is -1.30. The summed E-state index contributed by atoms with van der Waals surface area (Å²) in [6.45, 7) is 2.57. The maximum atomic E-state index is 10.5. The van der Waals surface area contributed by atoms with Gasteiger partial charge < -0.3 is 21.3 Å². The lowest BCUT2D eigenvalue weighted by Crippen LogP contribution is -2.34. The second-order valence-corrected chi connectivity index (χ2v) is 2.89. The second kappa shape index (κ2) is 8.31. The molecule has 0 saturated carbocycles. The van der Waals surface area contributed by atoms with Crippen molar-refractivity contribution < 1.29 is 9.59 Å². The lowest BCUT2D eigenvalue weighted by atomic mass is 10.4. The average molecular weight is 202 g/mol. The smallest absolute Gasteiger partial charge is 0.312 e. The SMILES string of the molecule is CNCCN(C=O)CCCNC(N)=O. The molecule has 0 radical (unpaired) electrons. The number of urea groups is 1. The summed E-state index contributed by atoms with van der Waals surface area (Å²) in [4.78, 5) is 22.5. The Morgan fingerprint density at radius 2 is 2.14 bits per heavy atom. The molecule has 14 heavy (non-hydrogen) atoms. The summed E-state index contributed by atoms with van der Waals surface area (Å²) in [5, 5.41) is 5.41. The molecule has 0 aromatic rings. The van der Waals surface area contributed by atoms with Gasteiger partial charge in [-0.15, -0.1) is 0 Å². The number of carbonyl (C=O) groups excluding carboxylic acids is 2. The van der Waals surface area contributed by atoms with E-state index in [2.05, 4.69) is 10.6 Å². The quantitative estimate of drug-likeness (QED) is 0.338. The van der Waals surface area contributed by atoms with Crippen molar-refractivity contribution in [2.45, 2.75) is 6.42 Å². The Morgan fingerprint density at radius 1 is 1.43 bits per heavy atom. The first-order valence-electron chi connectivity index (χ1n) is 4.58. The minimum atomic E-state index is -0.530. The zero-order valence-corrected chi connectivity index (χ0v) is 8.45. The zero-order chi connectivity index (χ0) is 10.8. The molecule has 0 spiro atoms. The van der Waals surface area contributed by atoms with Crippen LogP contribution in [0.3, 0.4) is 0 Å². The third-order valence-corrected chi connectivity index (χ3v) is 1.72. The minimum Gasteiger partial charge on any atom is -0.352 e. The first-order valence-corrected chi connectivity index (χ1v) is 4.58. The number of nitrogens with two attached hydrogens (primary N) is 1. The fourth-order valence-electron chi connectivity index (χ4n) is 0.966. The number of carbonyl (C=O) groups is 2. The standard InChI is InChI=1S/C8H18N4O2/c1-10-4-6-12(7-13)5-2-3-11-8(9)14/h7,10H,2-6H2,1H3,(H3,9,11,14). The lowest BCUT2D eigenvalue weighted by Gasteiger charge is -2.16. The molecule has 6 nitrogen and oxygen atoms in total. The Morgan fingerprint density at radius 3 is 2.64 bits per heavy atom. The van der Waals surface area contributed by atoms with Crippen molar-refractivity contribution in [1.29, 1.82) is 0 Å². The van der Waals surface area contributed by atoms with Crippen molar-refractivity contribution in [2.24, 2.45) is 5.73 Å². The van der Waals surface area contributed by atoms with Gasteiger partial charge in [0.2, 0.25) is 6.41 Å². The third-order valence-electron chi connectivity index (χ3n) is 1.72. The van der Waals surface area contributed by atoms with Gasteiger partial charge in [0.1, 0.15) is 0 Å². The number of nitrogens with zero attached hydrogens (tertiary/aromatic N) is 1. The maximum Gasteiger partial charge on any atom is 0.312 e. The van der Waals surface area contributed by atoms with Crippen molar-refractivity contribution in [3.63, 3.8) is 0 Å². The Bertz CT molecular complexity index is 175. The number of likely N-dealkylation sites (N-methyl/N-ethyl adjacent to an activating group) is 1.